The highest BCUT2D eigenvalue weighted by Crippen LogP contribution is 2.29. The number of rotatable bonds is 4. The molecule has 2 aromatic heterocycles. The Morgan fingerprint density at radius 1 is 1.24 bits per heavy atom. The van der Waals surface area contributed by atoms with E-state index in [4.69, 9.17) is 5.73 Å². The number of thioether (sulfide) groups is 1. The first kappa shape index (κ1) is 14.4. The van der Waals surface area contributed by atoms with Crippen molar-refractivity contribution in [2.45, 2.75) is 30.9 Å². The van der Waals surface area contributed by atoms with Crippen molar-refractivity contribution in [2.24, 2.45) is 0 Å². The van der Waals surface area contributed by atoms with Gasteiger partial charge in [-0.05, 0) is 31.5 Å². The van der Waals surface area contributed by atoms with E-state index in [1.165, 1.54) is 15.3 Å². The normalized spacial score (nSPS) is 11.1. The zero-order valence-electron chi connectivity index (χ0n) is 12.1. The summed E-state index contributed by atoms with van der Waals surface area (Å²) in [5.41, 5.74) is 7.33. The van der Waals surface area contributed by atoms with E-state index >= 15 is 0 Å². The Hall–Kier alpha value is -1.59. The SMILES string of the molecule is CCc1cc2c(N)nc(CSc3cccc(C)c3)nc2s1. The predicted molar refractivity (Wildman–Crippen MR) is 91.9 cm³/mol. The molecule has 3 aromatic rings. The second kappa shape index (κ2) is 6.03. The quantitative estimate of drug-likeness (QED) is 0.723. The summed E-state index contributed by atoms with van der Waals surface area (Å²) in [5, 5.41) is 0.987. The van der Waals surface area contributed by atoms with Crippen LogP contribution in [0, 0.1) is 6.92 Å². The average Bonchev–Trinajstić information content (AvgIpc) is 2.89. The van der Waals surface area contributed by atoms with Crippen molar-refractivity contribution in [2.75, 3.05) is 5.73 Å². The van der Waals surface area contributed by atoms with Crippen LogP contribution in [0.1, 0.15) is 23.2 Å². The van der Waals surface area contributed by atoms with Crippen molar-refractivity contribution < 1.29 is 0 Å². The number of benzene rings is 1. The number of hydrogen-bond acceptors (Lipinski definition) is 5. The largest absolute Gasteiger partial charge is 0.383 e. The van der Waals surface area contributed by atoms with Gasteiger partial charge in [-0.1, -0.05) is 24.6 Å². The van der Waals surface area contributed by atoms with Gasteiger partial charge in [0.2, 0.25) is 0 Å². The van der Waals surface area contributed by atoms with E-state index in [0.29, 0.717) is 5.82 Å². The zero-order chi connectivity index (χ0) is 14.8. The Balaban J connectivity index is 1.84. The first-order valence-electron chi connectivity index (χ1n) is 6.90. The number of hydrogen-bond donors (Lipinski definition) is 1. The van der Waals surface area contributed by atoms with Gasteiger partial charge in [0.15, 0.2) is 0 Å². The van der Waals surface area contributed by atoms with E-state index in [9.17, 15) is 0 Å². The van der Waals surface area contributed by atoms with Gasteiger partial charge in [-0.3, -0.25) is 0 Å². The van der Waals surface area contributed by atoms with Gasteiger partial charge in [-0.15, -0.1) is 23.1 Å². The zero-order valence-corrected chi connectivity index (χ0v) is 13.7. The molecule has 0 radical (unpaired) electrons. The Bertz CT molecular complexity index is 780. The molecule has 0 saturated heterocycles. The lowest BCUT2D eigenvalue weighted by atomic mass is 10.2. The van der Waals surface area contributed by atoms with E-state index < -0.39 is 0 Å². The van der Waals surface area contributed by atoms with E-state index in [2.05, 4.69) is 54.1 Å². The summed E-state index contributed by atoms with van der Waals surface area (Å²) >= 11 is 3.45. The number of aromatic nitrogens is 2. The molecule has 0 atom stereocenters. The number of nitrogens with zero attached hydrogens (tertiary/aromatic N) is 2. The van der Waals surface area contributed by atoms with Crippen LogP contribution in [0.15, 0.2) is 35.2 Å². The molecule has 0 fully saturated rings. The summed E-state index contributed by atoms with van der Waals surface area (Å²) in [7, 11) is 0. The van der Waals surface area contributed by atoms with Crippen LogP contribution in [0.5, 0.6) is 0 Å². The summed E-state index contributed by atoms with van der Waals surface area (Å²) in [6.45, 7) is 4.24. The van der Waals surface area contributed by atoms with Crippen LogP contribution < -0.4 is 5.73 Å². The molecule has 108 valence electrons. The van der Waals surface area contributed by atoms with E-state index in [1.807, 2.05) is 0 Å². The van der Waals surface area contributed by atoms with Crippen LogP contribution in [0.4, 0.5) is 5.82 Å². The molecule has 3 rings (SSSR count). The summed E-state index contributed by atoms with van der Waals surface area (Å²) < 4.78 is 0. The fourth-order valence-corrected chi connectivity index (χ4v) is 3.99. The number of fused-ring (bicyclic) bond motifs is 1. The lowest BCUT2D eigenvalue weighted by Gasteiger charge is -2.03. The molecular formula is C16H17N3S2. The number of aryl methyl sites for hydroxylation is 2. The van der Waals surface area contributed by atoms with E-state index in [-0.39, 0.29) is 0 Å². The van der Waals surface area contributed by atoms with Crippen molar-refractivity contribution in [3.05, 3.63) is 46.6 Å². The van der Waals surface area contributed by atoms with Crippen molar-refractivity contribution in [3.8, 4) is 0 Å². The van der Waals surface area contributed by atoms with Gasteiger partial charge >= 0.3 is 0 Å². The smallest absolute Gasteiger partial charge is 0.142 e. The molecule has 5 heteroatoms. The van der Waals surface area contributed by atoms with Crippen LogP contribution in [0.3, 0.4) is 0 Å². The molecule has 0 aliphatic rings. The first-order valence-corrected chi connectivity index (χ1v) is 8.70. The molecule has 21 heavy (non-hydrogen) atoms. The first-order chi connectivity index (χ1) is 10.2. The molecule has 0 saturated carbocycles. The molecular weight excluding hydrogens is 298 g/mol. The standard InChI is InChI=1S/C16H17N3S2/c1-3-11-8-13-15(17)18-14(19-16(13)21-11)9-20-12-6-4-5-10(2)7-12/h4-8H,3,9H2,1-2H3,(H2,17,18,19). The molecule has 0 aliphatic carbocycles. The third-order valence-electron chi connectivity index (χ3n) is 3.23. The summed E-state index contributed by atoms with van der Waals surface area (Å²) in [6.07, 6.45) is 1.01. The highest BCUT2D eigenvalue weighted by molar-refractivity contribution is 7.98. The summed E-state index contributed by atoms with van der Waals surface area (Å²) in [5.74, 6) is 2.13. The van der Waals surface area contributed by atoms with Crippen LogP contribution in [-0.2, 0) is 12.2 Å². The fraction of sp³-hybridized carbons (Fsp3) is 0.250. The van der Waals surface area contributed by atoms with Crippen LogP contribution >= 0.6 is 23.1 Å². The molecule has 0 spiro atoms. The minimum Gasteiger partial charge on any atom is -0.383 e. The van der Waals surface area contributed by atoms with Gasteiger partial charge in [0.05, 0.1) is 11.1 Å². The third-order valence-corrected chi connectivity index (χ3v) is 5.39. The van der Waals surface area contributed by atoms with Crippen molar-refractivity contribution >= 4 is 39.1 Å². The number of nitrogen functional groups attached to an aromatic ring is 1. The van der Waals surface area contributed by atoms with Gasteiger partial charge in [0.1, 0.15) is 16.5 Å². The van der Waals surface area contributed by atoms with Gasteiger partial charge in [0, 0.05) is 9.77 Å². The predicted octanol–water partition coefficient (Wildman–Crippen LogP) is 4.44. The minimum absolute atomic E-state index is 0.593. The molecule has 2 heterocycles. The summed E-state index contributed by atoms with van der Waals surface area (Å²) in [6, 6.07) is 10.6. The van der Waals surface area contributed by atoms with Crippen molar-refractivity contribution in [3.63, 3.8) is 0 Å². The van der Waals surface area contributed by atoms with Gasteiger partial charge in [0.25, 0.3) is 0 Å². The Kier molecular flexibility index (Phi) is 4.12. The van der Waals surface area contributed by atoms with Crippen LogP contribution in [0.25, 0.3) is 10.2 Å². The fourth-order valence-electron chi connectivity index (χ4n) is 2.13. The van der Waals surface area contributed by atoms with E-state index in [1.54, 1.807) is 23.1 Å². The lowest BCUT2D eigenvalue weighted by Crippen LogP contribution is -1.98. The highest BCUT2D eigenvalue weighted by Gasteiger charge is 2.09. The Morgan fingerprint density at radius 2 is 2.10 bits per heavy atom. The average molecular weight is 315 g/mol. The Morgan fingerprint density at radius 3 is 2.86 bits per heavy atom. The number of thiophene rings is 1. The lowest BCUT2D eigenvalue weighted by molar-refractivity contribution is 1.08. The van der Waals surface area contributed by atoms with Crippen molar-refractivity contribution in [1.29, 1.82) is 0 Å². The summed E-state index contributed by atoms with van der Waals surface area (Å²) in [4.78, 5) is 12.6. The van der Waals surface area contributed by atoms with Crippen LogP contribution in [0.2, 0.25) is 0 Å². The topological polar surface area (TPSA) is 51.8 Å². The van der Waals surface area contributed by atoms with Gasteiger partial charge < -0.3 is 5.73 Å². The highest BCUT2D eigenvalue weighted by atomic mass is 32.2. The number of anilines is 1. The second-order valence-corrected chi connectivity index (χ2v) is 7.08. The monoisotopic (exact) mass is 315 g/mol. The molecule has 0 unspecified atom stereocenters. The minimum atomic E-state index is 0.593. The molecule has 3 nitrogen and oxygen atoms in total. The van der Waals surface area contributed by atoms with Gasteiger partial charge in [-0.25, -0.2) is 9.97 Å². The number of nitrogens with two attached hydrogens (primary N) is 1. The van der Waals surface area contributed by atoms with Crippen LogP contribution in [-0.4, -0.2) is 9.97 Å². The maximum atomic E-state index is 6.06. The van der Waals surface area contributed by atoms with Gasteiger partial charge in [-0.2, -0.15) is 0 Å². The molecule has 0 amide bonds. The molecule has 2 N–H and O–H groups in total. The third kappa shape index (κ3) is 3.19. The second-order valence-electron chi connectivity index (χ2n) is 4.92. The Labute approximate surface area is 132 Å². The maximum absolute atomic E-state index is 6.06. The maximum Gasteiger partial charge on any atom is 0.142 e. The van der Waals surface area contributed by atoms with Crippen molar-refractivity contribution in [1.82, 2.24) is 9.97 Å². The molecule has 0 bridgehead atoms. The molecule has 0 aliphatic heterocycles. The molecule has 1 aromatic carbocycles. The van der Waals surface area contributed by atoms with E-state index in [0.717, 1.165) is 28.2 Å².